The number of ether oxygens (including phenoxy) is 1. The molecular formula is C28H35N5O2. The van der Waals surface area contributed by atoms with Crippen LogP contribution in [0.15, 0.2) is 41.2 Å². The molecule has 0 radical (unpaired) electrons. The first-order valence-corrected chi connectivity index (χ1v) is 12.7. The minimum atomic E-state index is -0.460. The second kappa shape index (κ2) is 9.10. The number of hydrogen-bond acceptors (Lipinski definition) is 5. The lowest BCUT2D eigenvalue weighted by Crippen LogP contribution is -2.41. The summed E-state index contributed by atoms with van der Waals surface area (Å²) in [6.45, 7) is 11.4. The van der Waals surface area contributed by atoms with Crippen molar-refractivity contribution >= 4 is 23.6 Å². The Hall–Kier alpha value is -3.22. The number of piperidine rings is 1. The van der Waals surface area contributed by atoms with Crippen molar-refractivity contribution in [3.63, 3.8) is 0 Å². The van der Waals surface area contributed by atoms with Crippen LogP contribution in [0.2, 0.25) is 0 Å². The summed E-state index contributed by atoms with van der Waals surface area (Å²) in [6.07, 6.45) is 9.79. The van der Waals surface area contributed by atoms with Gasteiger partial charge in [0, 0.05) is 24.4 Å². The largest absolute Gasteiger partial charge is 0.444 e. The highest BCUT2D eigenvalue weighted by molar-refractivity contribution is 6.13. The molecule has 1 aliphatic carbocycles. The van der Waals surface area contributed by atoms with Crippen molar-refractivity contribution < 1.29 is 9.53 Å². The lowest BCUT2D eigenvalue weighted by Gasteiger charge is -2.33. The molecule has 3 heterocycles. The number of carbonyl (C=O) groups is 1. The molecule has 7 nitrogen and oxygen atoms in total. The molecule has 35 heavy (non-hydrogen) atoms. The Labute approximate surface area is 206 Å². The van der Waals surface area contributed by atoms with Gasteiger partial charge in [0.1, 0.15) is 17.6 Å². The third-order valence-corrected chi connectivity index (χ3v) is 6.87. The van der Waals surface area contributed by atoms with E-state index in [2.05, 4.69) is 54.3 Å². The first-order valence-electron chi connectivity index (χ1n) is 12.7. The molecule has 1 fully saturated rings. The molecular weight excluding hydrogens is 438 g/mol. The van der Waals surface area contributed by atoms with Gasteiger partial charge in [0.05, 0.1) is 5.70 Å². The summed E-state index contributed by atoms with van der Waals surface area (Å²) in [7, 11) is 0. The molecule has 0 N–H and O–H groups in total. The summed E-state index contributed by atoms with van der Waals surface area (Å²) in [6, 6.07) is 7.05. The zero-order valence-electron chi connectivity index (χ0n) is 21.4. The van der Waals surface area contributed by atoms with E-state index in [1.54, 1.807) is 6.33 Å². The zero-order valence-corrected chi connectivity index (χ0v) is 21.4. The molecule has 0 unspecified atom stereocenters. The van der Waals surface area contributed by atoms with Crippen LogP contribution in [0.4, 0.5) is 4.79 Å². The topological polar surface area (TPSA) is 72.6 Å². The number of likely N-dealkylation sites (tertiary alicyclic amines) is 1. The lowest BCUT2D eigenvalue weighted by molar-refractivity contribution is 0.0205. The summed E-state index contributed by atoms with van der Waals surface area (Å²) in [4.78, 5) is 23.8. The predicted molar refractivity (Wildman–Crippen MR) is 138 cm³/mol. The Bertz CT molecular complexity index is 1320. The first kappa shape index (κ1) is 23.5. The molecule has 2 aliphatic heterocycles. The zero-order chi connectivity index (χ0) is 24.7. The number of aromatic nitrogens is 3. The SMILES string of the molecule is CC(C)n1ncnc1C1=NC2=c3ccc(C4CCN(C(=O)OC(C)(C)C)CC4)cc3=CCCC2=C1. The fraction of sp³-hybridized carbons (Fsp3) is 0.500. The van der Waals surface area contributed by atoms with Gasteiger partial charge in [0.25, 0.3) is 0 Å². The minimum absolute atomic E-state index is 0.204. The summed E-state index contributed by atoms with van der Waals surface area (Å²) in [5.41, 5.74) is 4.12. The molecule has 3 aliphatic rings. The number of aliphatic imine (C=N–C) groups is 1. The number of hydrogen-bond donors (Lipinski definition) is 0. The number of rotatable bonds is 3. The Morgan fingerprint density at radius 3 is 2.66 bits per heavy atom. The fourth-order valence-corrected chi connectivity index (χ4v) is 5.13. The van der Waals surface area contributed by atoms with Crippen LogP contribution in [0, 0.1) is 0 Å². The Balaban J connectivity index is 1.40. The number of fused-ring (bicyclic) bond motifs is 2. The highest BCUT2D eigenvalue weighted by atomic mass is 16.6. The van der Waals surface area contributed by atoms with Crippen LogP contribution in [0.5, 0.6) is 0 Å². The lowest BCUT2D eigenvalue weighted by atomic mass is 9.89. The van der Waals surface area contributed by atoms with E-state index < -0.39 is 5.60 Å². The molecule has 1 aromatic heterocycles. The molecule has 0 bridgehead atoms. The van der Waals surface area contributed by atoms with Gasteiger partial charge >= 0.3 is 6.09 Å². The summed E-state index contributed by atoms with van der Waals surface area (Å²) >= 11 is 0. The second-order valence-corrected chi connectivity index (χ2v) is 11.0. The number of nitrogens with zero attached hydrogens (tertiary/aromatic N) is 5. The van der Waals surface area contributed by atoms with E-state index in [1.807, 2.05) is 30.4 Å². The summed E-state index contributed by atoms with van der Waals surface area (Å²) < 4.78 is 7.49. The van der Waals surface area contributed by atoms with Crippen molar-refractivity contribution in [3.05, 3.63) is 58.0 Å². The van der Waals surface area contributed by atoms with Crippen molar-refractivity contribution in [3.8, 4) is 0 Å². The third kappa shape index (κ3) is 4.81. The maximum Gasteiger partial charge on any atom is 0.410 e. The van der Waals surface area contributed by atoms with Gasteiger partial charge in [-0.25, -0.2) is 19.5 Å². The molecule has 0 atom stereocenters. The van der Waals surface area contributed by atoms with Gasteiger partial charge in [-0.2, -0.15) is 5.10 Å². The number of carbonyl (C=O) groups excluding carboxylic acids is 1. The maximum atomic E-state index is 12.4. The van der Waals surface area contributed by atoms with Gasteiger partial charge in [0.2, 0.25) is 0 Å². The number of benzene rings is 1. The van der Waals surface area contributed by atoms with Crippen LogP contribution in [-0.4, -0.2) is 50.2 Å². The molecule has 7 heteroatoms. The van der Waals surface area contributed by atoms with Gasteiger partial charge in [-0.3, -0.25) is 0 Å². The smallest absolute Gasteiger partial charge is 0.410 e. The number of allylic oxidation sites excluding steroid dienone is 1. The van der Waals surface area contributed by atoms with E-state index in [4.69, 9.17) is 9.73 Å². The summed E-state index contributed by atoms with van der Waals surface area (Å²) in [5, 5.41) is 6.83. The van der Waals surface area contributed by atoms with Gasteiger partial charge in [-0.1, -0.05) is 24.3 Å². The highest BCUT2D eigenvalue weighted by Gasteiger charge is 2.28. The van der Waals surface area contributed by atoms with Gasteiger partial charge in [-0.15, -0.1) is 0 Å². The summed E-state index contributed by atoms with van der Waals surface area (Å²) in [5.74, 6) is 1.27. The van der Waals surface area contributed by atoms with E-state index in [9.17, 15) is 4.79 Å². The van der Waals surface area contributed by atoms with E-state index in [0.717, 1.165) is 56.0 Å². The maximum absolute atomic E-state index is 12.4. The quantitative estimate of drug-likeness (QED) is 0.673. The van der Waals surface area contributed by atoms with Crippen LogP contribution in [0.25, 0.3) is 11.8 Å². The Morgan fingerprint density at radius 2 is 1.94 bits per heavy atom. The van der Waals surface area contributed by atoms with Crippen LogP contribution in [0.1, 0.15) is 83.6 Å². The van der Waals surface area contributed by atoms with Crippen LogP contribution in [0.3, 0.4) is 0 Å². The molecule has 184 valence electrons. The minimum Gasteiger partial charge on any atom is -0.444 e. The molecule has 2 aromatic rings. The molecule has 1 saturated heterocycles. The van der Waals surface area contributed by atoms with E-state index in [-0.39, 0.29) is 12.1 Å². The average Bonchev–Trinajstić information content (AvgIpc) is 3.42. The van der Waals surface area contributed by atoms with Gasteiger partial charge in [-0.05, 0) is 88.7 Å². The van der Waals surface area contributed by atoms with Gasteiger partial charge in [0.15, 0.2) is 5.82 Å². The average molecular weight is 474 g/mol. The predicted octanol–water partition coefficient (Wildman–Crippen LogP) is 4.09. The van der Waals surface area contributed by atoms with Crippen LogP contribution < -0.4 is 10.4 Å². The molecule has 5 rings (SSSR count). The second-order valence-electron chi connectivity index (χ2n) is 11.0. The van der Waals surface area contributed by atoms with E-state index in [0.29, 0.717) is 5.92 Å². The monoisotopic (exact) mass is 473 g/mol. The Kier molecular flexibility index (Phi) is 6.11. The standard InChI is InChI=1S/C28H35N5O2/c1-18(2)33-26(29-17-30-33)24-16-22-8-6-7-21-15-20(9-10-23(21)25(22)31-24)19-11-13-32(14-12-19)27(34)35-28(3,4)5/h7,9-10,15-19H,6,8,11-14H2,1-5H3. The molecule has 0 saturated carbocycles. The van der Waals surface area contributed by atoms with Crippen molar-refractivity contribution in [1.82, 2.24) is 19.7 Å². The molecule has 1 aromatic carbocycles. The highest BCUT2D eigenvalue weighted by Crippen LogP contribution is 2.30. The fourth-order valence-electron chi connectivity index (χ4n) is 5.13. The van der Waals surface area contributed by atoms with E-state index in [1.165, 1.54) is 21.6 Å². The normalized spacial score (nSPS) is 18.5. The third-order valence-electron chi connectivity index (χ3n) is 6.87. The van der Waals surface area contributed by atoms with Crippen LogP contribution >= 0.6 is 0 Å². The first-order chi connectivity index (χ1) is 16.7. The molecule has 1 amide bonds. The van der Waals surface area contributed by atoms with Crippen molar-refractivity contribution in [1.29, 1.82) is 0 Å². The van der Waals surface area contributed by atoms with Crippen LogP contribution in [-0.2, 0) is 4.74 Å². The van der Waals surface area contributed by atoms with Crippen molar-refractivity contribution in [2.24, 2.45) is 4.99 Å². The van der Waals surface area contributed by atoms with Gasteiger partial charge < -0.3 is 9.64 Å². The Morgan fingerprint density at radius 1 is 1.17 bits per heavy atom. The van der Waals surface area contributed by atoms with E-state index >= 15 is 0 Å². The molecule has 0 spiro atoms. The number of amides is 1. The van der Waals surface area contributed by atoms with Crippen molar-refractivity contribution in [2.75, 3.05) is 13.1 Å². The van der Waals surface area contributed by atoms with Crippen molar-refractivity contribution in [2.45, 2.75) is 77.9 Å².